The first-order chi connectivity index (χ1) is 14.9. The Bertz CT molecular complexity index is 882. The molecule has 2 amide bonds. The van der Waals surface area contributed by atoms with E-state index in [9.17, 15) is 9.59 Å². The van der Waals surface area contributed by atoms with Crippen LogP contribution in [-0.4, -0.2) is 43.0 Å². The summed E-state index contributed by atoms with van der Waals surface area (Å²) in [5.74, 6) is 0.963. The largest absolute Gasteiger partial charge is 0.497 e. The normalized spacial score (nSPS) is 11.5. The molecule has 2 aromatic carbocycles. The molecule has 0 aliphatic heterocycles. The zero-order valence-electron chi connectivity index (χ0n) is 19.2. The van der Waals surface area contributed by atoms with Gasteiger partial charge < -0.3 is 19.7 Å². The molecular formula is C25H34N2O4. The van der Waals surface area contributed by atoms with Crippen molar-refractivity contribution in [3.8, 4) is 11.5 Å². The summed E-state index contributed by atoms with van der Waals surface area (Å²) in [7, 11) is 1.60. The second-order valence-corrected chi connectivity index (χ2v) is 7.68. The summed E-state index contributed by atoms with van der Waals surface area (Å²) >= 11 is 0. The van der Waals surface area contributed by atoms with Crippen molar-refractivity contribution >= 4 is 11.8 Å². The Morgan fingerprint density at radius 1 is 1.13 bits per heavy atom. The number of carbonyl (C=O) groups is 2. The smallest absolute Gasteiger partial charge is 0.261 e. The van der Waals surface area contributed by atoms with Gasteiger partial charge in [0.1, 0.15) is 17.5 Å². The van der Waals surface area contributed by atoms with Crippen LogP contribution < -0.4 is 14.8 Å². The Labute approximate surface area is 185 Å². The van der Waals surface area contributed by atoms with Gasteiger partial charge in [0.05, 0.1) is 7.11 Å². The highest BCUT2D eigenvalue weighted by Gasteiger charge is 2.26. The maximum absolute atomic E-state index is 13.1. The molecule has 1 N–H and O–H groups in total. The van der Waals surface area contributed by atoms with Gasteiger partial charge >= 0.3 is 0 Å². The van der Waals surface area contributed by atoms with Crippen LogP contribution in [0.2, 0.25) is 0 Å². The fraction of sp³-hybridized carbons (Fsp3) is 0.440. The van der Waals surface area contributed by atoms with E-state index in [1.807, 2.05) is 56.3 Å². The lowest BCUT2D eigenvalue weighted by molar-refractivity contribution is -0.142. The molecule has 31 heavy (non-hydrogen) atoms. The predicted octanol–water partition coefficient (Wildman–Crippen LogP) is 4.02. The lowest BCUT2D eigenvalue weighted by Gasteiger charge is -2.29. The summed E-state index contributed by atoms with van der Waals surface area (Å²) in [4.78, 5) is 27.4. The van der Waals surface area contributed by atoms with E-state index in [-0.39, 0.29) is 25.0 Å². The van der Waals surface area contributed by atoms with Gasteiger partial charge in [-0.15, -0.1) is 0 Å². The van der Waals surface area contributed by atoms with Crippen LogP contribution in [0.3, 0.4) is 0 Å². The van der Waals surface area contributed by atoms with Gasteiger partial charge in [0.25, 0.3) is 5.91 Å². The van der Waals surface area contributed by atoms with Gasteiger partial charge in [-0.2, -0.15) is 0 Å². The summed E-state index contributed by atoms with van der Waals surface area (Å²) in [5.41, 5.74) is 2.98. The van der Waals surface area contributed by atoms with E-state index in [1.54, 1.807) is 18.9 Å². The number of benzene rings is 2. The van der Waals surface area contributed by atoms with E-state index in [2.05, 4.69) is 12.2 Å². The van der Waals surface area contributed by atoms with Crippen LogP contribution in [0, 0.1) is 13.8 Å². The fourth-order valence-electron chi connectivity index (χ4n) is 3.19. The van der Waals surface area contributed by atoms with Crippen LogP contribution in [0.15, 0.2) is 42.5 Å². The number of hydrogen-bond donors (Lipinski definition) is 1. The summed E-state index contributed by atoms with van der Waals surface area (Å²) in [6, 6.07) is 12.6. The number of ether oxygens (including phenoxy) is 2. The van der Waals surface area contributed by atoms with Gasteiger partial charge in [-0.1, -0.05) is 37.6 Å². The van der Waals surface area contributed by atoms with E-state index in [1.165, 1.54) is 0 Å². The Morgan fingerprint density at radius 2 is 1.87 bits per heavy atom. The zero-order valence-corrected chi connectivity index (χ0v) is 19.2. The second-order valence-electron chi connectivity index (χ2n) is 7.68. The van der Waals surface area contributed by atoms with Crippen molar-refractivity contribution < 1.29 is 19.1 Å². The molecule has 0 bridgehead atoms. The van der Waals surface area contributed by atoms with Crippen molar-refractivity contribution in [1.82, 2.24) is 10.2 Å². The summed E-state index contributed by atoms with van der Waals surface area (Å²) in [6.45, 7) is 8.53. The molecular weight excluding hydrogens is 392 g/mol. The maximum Gasteiger partial charge on any atom is 0.261 e. The summed E-state index contributed by atoms with van der Waals surface area (Å²) in [6.07, 6.45) is 1.89. The number of methoxy groups -OCH3 is 1. The maximum atomic E-state index is 13.1. The highest BCUT2D eigenvalue weighted by Crippen LogP contribution is 2.21. The first kappa shape index (κ1) is 24.3. The molecule has 1 atom stereocenters. The van der Waals surface area contributed by atoms with Gasteiger partial charge in [-0.05, 0) is 62.1 Å². The average Bonchev–Trinajstić information content (AvgIpc) is 2.78. The van der Waals surface area contributed by atoms with Crippen molar-refractivity contribution in [3.05, 3.63) is 59.2 Å². The lowest BCUT2D eigenvalue weighted by atomic mass is 10.1. The lowest BCUT2D eigenvalue weighted by Crippen LogP contribution is -2.49. The Balaban J connectivity index is 2.17. The molecule has 0 fully saturated rings. The molecule has 0 spiro atoms. The van der Waals surface area contributed by atoms with Crippen LogP contribution >= 0.6 is 0 Å². The van der Waals surface area contributed by atoms with Gasteiger partial charge in [0.15, 0.2) is 6.61 Å². The monoisotopic (exact) mass is 426 g/mol. The number of rotatable bonds is 11. The third-order valence-electron chi connectivity index (χ3n) is 5.39. The third kappa shape index (κ3) is 7.02. The molecule has 0 saturated heterocycles. The topological polar surface area (TPSA) is 67.9 Å². The Hall–Kier alpha value is -3.02. The number of carbonyl (C=O) groups excluding carboxylic acids is 2. The molecule has 168 valence electrons. The molecule has 6 nitrogen and oxygen atoms in total. The average molecular weight is 427 g/mol. The minimum atomic E-state index is -0.627. The van der Waals surface area contributed by atoms with E-state index in [4.69, 9.17) is 9.47 Å². The SMILES string of the molecule is CCCCNC(=O)[C@H](C)N(Cc1cccc(OC)c1)C(=O)COc1cccc(C)c1C. The highest BCUT2D eigenvalue weighted by atomic mass is 16.5. The van der Waals surface area contributed by atoms with Crippen LogP contribution in [0.4, 0.5) is 0 Å². The number of unbranched alkanes of at least 4 members (excludes halogenated alkanes) is 1. The third-order valence-corrected chi connectivity index (χ3v) is 5.39. The molecule has 0 heterocycles. The number of aryl methyl sites for hydroxylation is 1. The van der Waals surface area contributed by atoms with Gasteiger partial charge in [-0.3, -0.25) is 9.59 Å². The van der Waals surface area contributed by atoms with Crippen molar-refractivity contribution in [2.75, 3.05) is 20.3 Å². The first-order valence-corrected chi connectivity index (χ1v) is 10.8. The zero-order chi connectivity index (χ0) is 22.8. The quantitative estimate of drug-likeness (QED) is 0.551. The van der Waals surface area contributed by atoms with Crippen LogP contribution in [-0.2, 0) is 16.1 Å². The van der Waals surface area contributed by atoms with Gasteiger partial charge in [0.2, 0.25) is 5.91 Å². The molecule has 0 aromatic heterocycles. The standard InChI is InChI=1S/C25H34N2O4/c1-6-7-14-26-25(29)20(4)27(16-21-11-9-12-22(15-21)30-5)24(28)17-31-23-13-8-10-18(2)19(23)3/h8-13,15,20H,6-7,14,16-17H2,1-5H3,(H,26,29)/t20-/m0/s1. The Kier molecular flexibility index (Phi) is 9.38. The fourth-order valence-corrected chi connectivity index (χ4v) is 3.19. The van der Waals surface area contributed by atoms with E-state index >= 15 is 0 Å². The van der Waals surface area contributed by atoms with Crippen LogP contribution in [0.5, 0.6) is 11.5 Å². The number of nitrogens with zero attached hydrogens (tertiary/aromatic N) is 1. The van der Waals surface area contributed by atoms with E-state index in [0.717, 1.165) is 29.5 Å². The molecule has 0 radical (unpaired) electrons. The number of hydrogen-bond acceptors (Lipinski definition) is 4. The minimum Gasteiger partial charge on any atom is -0.497 e. The number of amides is 2. The summed E-state index contributed by atoms with van der Waals surface area (Å²) in [5, 5.41) is 2.92. The van der Waals surface area contributed by atoms with Crippen molar-refractivity contribution in [2.24, 2.45) is 0 Å². The molecule has 0 unspecified atom stereocenters. The van der Waals surface area contributed by atoms with Crippen LogP contribution in [0.1, 0.15) is 43.4 Å². The molecule has 0 saturated carbocycles. The second kappa shape index (κ2) is 12.0. The molecule has 2 rings (SSSR count). The molecule has 0 aliphatic carbocycles. The van der Waals surface area contributed by atoms with Gasteiger partial charge in [-0.25, -0.2) is 0 Å². The number of nitrogens with one attached hydrogen (secondary N) is 1. The van der Waals surface area contributed by atoms with Gasteiger partial charge in [0, 0.05) is 13.1 Å². The molecule has 6 heteroatoms. The van der Waals surface area contributed by atoms with Crippen molar-refractivity contribution in [2.45, 2.75) is 53.1 Å². The molecule has 0 aliphatic rings. The summed E-state index contributed by atoms with van der Waals surface area (Å²) < 4.78 is 11.1. The minimum absolute atomic E-state index is 0.138. The van der Waals surface area contributed by atoms with E-state index < -0.39 is 6.04 Å². The van der Waals surface area contributed by atoms with Crippen LogP contribution in [0.25, 0.3) is 0 Å². The van der Waals surface area contributed by atoms with Crippen molar-refractivity contribution in [3.63, 3.8) is 0 Å². The first-order valence-electron chi connectivity index (χ1n) is 10.8. The predicted molar refractivity (Wildman–Crippen MR) is 122 cm³/mol. The molecule has 2 aromatic rings. The van der Waals surface area contributed by atoms with E-state index in [0.29, 0.717) is 18.0 Å². The Morgan fingerprint density at radius 3 is 2.58 bits per heavy atom. The highest BCUT2D eigenvalue weighted by molar-refractivity contribution is 5.88. The van der Waals surface area contributed by atoms with Crippen molar-refractivity contribution in [1.29, 1.82) is 0 Å².